The number of anilines is 1. The van der Waals surface area contributed by atoms with E-state index in [0.29, 0.717) is 18.1 Å². The number of carbonyl (C=O) groups is 1. The molecule has 1 saturated heterocycles. The van der Waals surface area contributed by atoms with Crippen LogP contribution in [0.5, 0.6) is 11.5 Å². The van der Waals surface area contributed by atoms with Crippen LogP contribution in [0.3, 0.4) is 0 Å². The van der Waals surface area contributed by atoms with E-state index >= 15 is 0 Å². The molecule has 0 atom stereocenters. The molecule has 1 fully saturated rings. The van der Waals surface area contributed by atoms with Gasteiger partial charge in [-0.3, -0.25) is 4.79 Å². The number of ether oxygens (including phenoxy) is 2. The van der Waals surface area contributed by atoms with Gasteiger partial charge in [0.25, 0.3) is 5.91 Å². The van der Waals surface area contributed by atoms with Crippen molar-refractivity contribution < 1.29 is 14.3 Å². The van der Waals surface area contributed by atoms with E-state index in [1.807, 2.05) is 56.3 Å². The highest BCUT2D eigenvalue weighted by Crippen LogP contribution is 2.30. The molecule has 1 N–H and O–H groups in total. The second-order valence-corrected chi connectivity index (χ2v) is 7.18. The second kappa shape index (κ2) is 9.55. The SMILES string of the molecule is CCOc1cc(C(=S)N2CCCC2)ccc1OCC(=O)Nc1ccc(C)cc1. The number of aryl methyl sites for hydroxylation is 1. The van der Waals surface area contributed by atoms with Gasteiger partial charge in [0.05, 0.1) is 6.61 Å². The first-order valence-electron chi connectivity index (χ1n) is 9.62. The molecule has 28 heavy (non-hydrogen) atoms. The number of rotatable bonds is 7. The van der Waals surface area contributed by atoms with E-state index in [1.165, 1.54) is 12.8 Å². The third-order valence-electron chi connectivity index (χ3n) is 4.58. The summed E-state index contributed by atoms with van der Waals surface area (Å²) in [5.41, 5.74) is 2.83. The number of benzene rings is 2. The third-order valence-corrected chi connectivity index (χ3v) is 5.07. The summed E-state index contributed by atoms with van der Waals surface area (Å²) in [5, 5.41) is 2.83. The van der Waals surface area contributed by atoms with Crippen molar-refractivity contribution in [1.82, 2.24) is 4.90 Å². The fraction of sp³-hybridized carbons (Fsp3) is 0.364. The van der Waals surface area contributed by atoms with Crippen LogP contribution in [0, 0.1) is 6.92 Å². The van der Waals surface area contributed by atoms with E-state index < -0.39 is 0 Å². The maximum absolute atomic E-state index is 12.2. The zero-order valence-electron chi connectivity index (χ0n) is 16.4. The highest BCUT2D eigenvalue weighted by Gasteiger charge is 2.18. The molecular weight excluding hydrogens is 372 g/mol. The van der Waals surface area contributed by atoms with E-state index in [1.54, 1.807) is 0 Å². The first-order chi connectivity index (χ1) is 13.6. The lowest BCUT2D eigenvalue weighted by Crippen LogP contribution is -2.26. The number of nitrogens with one attached hydrogen (secondary N) is 1. The Kier molecular flexibility index (Phi) is 6.87. The minimum Gasteiger partial charge on any atom is -0.490 e. The Bertz CT molecular complexity index is 830. The summed E-state index contributed by atoms with van der Waals surface area (Å²) in [6.45, 7) is 6.33. The zero-order valence-corrected chi connectivity index (χ0v) is 17.2. The molecular formula is C22H26N2O3S. The number of nitrogens with zero attached hydrogens (tertiary/aromatic N) is 1. The number of hydrogen-bond donors (Lipinski definition) is 1. The lowest BCUT2D eigenvalue weighted by atomic mass is 10.2. The monoisotopic (exact) mass is 398 g/mol. The molecule has 0 spiro atoms. The molecule has 6 heteroatoms. The Labute approximate surface area is 171 Å². The van der Waals surface area contributed by atoms with Gasteiger partial charge in [0.15, 0.2) is 18.1 Å². The molecule has 0 bridgehead atoms. The third kappa shape index (κ3) is 5.23. The summed E-state index contributed by atoms with van der Waals surface area (Å²) in [7, 11) is 0. The van der Waals surface area contributed by atoms with Crippen molar-refractivity contribution in [2.24, 2.45) is 0 Å². The molecule has 0 unspecified atom stereocenters. The van der Waals surface area contributed by atoms with Crippen LogP contribution in [0.1, 0.15) is 30.9 Å². The smallest absolute Gasteiger partial charge is 0.262 e. The van der Waals surface area contributed by atoms with E-state index in [2.05, 4.69) is 10.2 Å². The molecule has 0 aromatic heterocycles. The first kappa shape index (κ1) is 20.1. The molecule has 3 rings (SSSR count). The Morgan fingerprint density at radius 2 is 1.79 bits per heavy atom. The number of hydrogen-bond acceptors (Lipinski definition) is 4. The van der Waals surface area contributed by atoms with Gasteiger partial charge in [-0.15, -0.1) is 0 Å². The van der Waals surface area contributed by atoms with Crippen LogP contribution in [-0.2, 0) is 4.79 Å². The summed E-state index contributed by atoms with van der Waals surface area (Å²) in [6, 6.07) is 13.3. The van der Waals surface area contributed by atoms with Gasteiger partial charge >= 0.3 is 0 Å². The first-order valence-corrected chi connectivity index (χ1v) is 10.0. The standard InChI is InChI=1S/C22H26N2O3S/c1-3-26-20-14-17(22(28)24-12-4-5-13-24)8-11-19(20)27-15-21(25)23-18-9-6-16(2)7-10-18/h6-11,14H,3-5,12-13,15H2,1-2H3,(H,23,25). The van der Waals surface area contributed by atoms with Crippen molar-refractivity contribution >= 4 is 28.8 Å². The largest absolute Gasteiger partial charge is 0.490 e. The van der Waals surface area contributed by atoms with Crippen LogP contribution in [0.2, 0.25) is 0 Å². The van der Waals surface area contributed by atoms with Gasteiger partial charge in [-0.25, -0.2) is 0 Å². The van der Waals surface area contributed by atoms with Gasteiger partial charge in [-0.05, 0) is 57.0 Å². The highest BCUT2D eigenvalue weighted by atomic mass is 32.1. The van der Waals surface area contributed by atoms with Gasteiger partial charge in [-0.1, -0.05) is 29.9 Å². The fourth-order valence-electron chi connectivity index (χ4n) is 3.11. The molecule has 0 saturated carbocycles. The Morgan fingerprint density at radius 3 is 2.46 bits per heavy atom. The minimum absolute atomic E-state index is 0.0934. The molecule has 5 nitrogen and oxygen atoms in total. The van der Waals surface area contributed by atoms with Crippen LogP contribution in [0.25, 0.3) is 0 Å². The summed E-state index contributed by atoms with van der Waals surface area (Å²) in [5.74, 6) is 0.918. The maximum atomic E-state index is 12.2. The quantitative estimate of drug-likeness (QED) is 0.709. The molecule has 0 aliphatic carbocycles. The molecule has 1 amide bonds. The van der Waals surface area contributed by atoms with E-state index in [-0.39, 0.29) is 12.5 Å². The van der Waals surface area contributed by atoms with Crippen LogP contribution in [-0.4, -0.2) is 42.1 Å². The van der Waals surface area contributed by atoms with Crippen molar-refractivity contribution in [3.05, 3.63) is 53.6 Å². The molecule has 2 aromatic carbocycles. The van der Waals surface area contributed by atoms with Gasteiger partial charge < -0.3 is 19.7 Å². The fourth-order valence-corrected chi connectivity index (χ4v) is 3.42. The lowest BCUT2D eigenvalue weighted by molar-refractivity contribution is -0.118. The van der Waals surface area contributed by atoms with Gasteiger partial charge in [0.2, 0.25) is 0 Å². The van der Waals surface area contributed by atoms with Crippen LogP contribution < -0.4 is 14.8 Å². The summed E-state index contributed by atoms with van der Waals surface area (Å²) in [6.07, 6.45) is 2.35. The van der Waals surface area contributed by atoms with Gasteiger partial charge in [-0.2, -0.15) is 0 Å². The Hall–Kier alpha value is -2.60. The predicted octanol–water partition coefficient (Wildman–Crippen LogP) is 4.18. The van der Waals surface area contributed by atoms with Crippen molar-refractivity contribution in [3.63, 3.8) is 0 Å². The van der Waals surface area contributed by atoms with Crippen LogP contribution in [0.4, 0.5) is 5.69 Å². The number of thiocarbonyl (C=S) groups is 1. The van der Waals surface area contributed by atoms with Crippen molar-refractivity contribution in [1.29, 1.82) is 0 Å². The average Bonchev–Trinajstić information content (AvgIpc) is 3.23. The molecule has 2 aromatic rings. The van der Waals surface area contributed by atoms with E-state index in [0.717, 1.165) is 34.9 Å². The molecule has 0 radical (unpaired) electrons. The molecule has 1 aliphatic rings. The highest BCUT2D eigenvalue weighted by molar-refractivity contribution is 7.80. The average molecular weight is 399 g/mol. The number of amides is 1. The van der Waals surface area contributed by atoms with Crippen LogP contribution >= 0.6 is 12.2 Å². The molecule has 1 heterocycles. The topological polar surface area (TPSA) is 50.8 Å². The normalized spacial score (nSPS) is 13.3. The van der Waals surface area contributed by atoms with Crippen molar-refractivity contribution in [2.45, 2.75) is 26.7 Å². The van der Waals surface area contributed by atoms with E-state index in [9.17, 15) is 4.79 Å². The second-order valence-electron chi connectivity index (χ2n) is 6.80. The van der Waals surface area contributed by atoms with Gasteiger partial charge in [0.1, 0.15) is 4.99 Å². The van der Waals surface area contributed by atoms with E-state index in [4.69, 9.17) is 21.7 Å². The molecule has 1 aliphatic heterocycles. The molecule has 148 valence electrons. The number of carbonyl (C=O) groups excluding carboxylic acids is 1. The zero-order chi connectivity index (χ0) is 19.9. The predicted molar refractivity (Wildman–Crippen MR) is 115 cm³/mol. The maximum Gasteiger partial charge on any atom is 0.262 e. The van der Waals surface area contributed by atoms with Crippen molar-refractivity contribution in [3.8, 4) is 11.5 Å². The number of likely N-dealkylation sites (tertiary alicyclic amines) is 1. The van der Waals surface area contributed by atoms with Crippen molar-refractivity contribution in [2.75, 3.05) is 31.6 Å². The summed E-state index contributed by atoms with van der Waals surface area (Å²) in [4.78, 5) is 15.2. The Morgan fingerprint density at radius 1 is 1.07 bits per heavy atom. The Balaban J connectivity index is 1.64. The summed E-state index contributed by atoms with van der Waals surface area (Å²) >= 11 is 5.62. The lowest BCUT2D eigenvalue weighted by Gasteiger charge is -2.20. The summed E-state index contributed by atoms with van der Waals surface area (Å²) < 4.78 is 11.4. The van der Waals surface area contributed by atoms with Gasteiger partial charge in [0, 0.05) is 24.3 Å². The van der Waals surface area contributed by atoms with Crippen LogP contribution in [0.15, 0.2) is 42.5 Å². The minimum atomic E-state index is -0.219.